The van der Waals surface area contributed by atoms with Gasteiger partial charge in [-0.15, -0.1) is 11.3 Å². The summed E-state index contributed by atoms with van der Waals surface area (Å²) in [6.45, 7) is 1.84. The van der Waals surface area contributed by atoms with E-state index in [0.29, 0.717) is 6.42 Å². The Bertz CT molecular complexity index is 606. The molecule has 0 fully saturated rings. The smallest absolute Gasteiger partial charge is 0.122 e. The molecule has 2 aromatic rings. The van der Waals surface area contributed by atoms with Crippen molar-refractivity contribution in [2.24, 2.45) is 7.05 Å². The van der Waals surface area contributed by atoms with Gasteiger partial charge in [-0.2, -0.15) is 0 Å². The lowest BCUT2D eigenvalue weighted by Crippen LogP contribution is -2.18. The fraction of sp³-hybridized carbons (Fsp3) is 0.400. The number of aliphatic hydroxyl groups is 1. The van der Waals surface area contributed by atoms with Gasteiger partial charge in [0, 0.05) is 37.3 Å². The molecular formula is C15H19N3OS. The molecule has 0 aliphatic rings. The summed E-state index contributed by atoms with van der Waals surface area (Å²) >= 11 is 1.70. The maximum absolute atomic E-state index is 8.70. The Labute approximate surface area is 123 Å². The number of aliphatic hydroxyl groups excluding tert-OH is 1. The van der Waals surface area contributed by atoms with Crippen LogP contribution >= 0.6 is 11.3 Å². The predicted molar refractivity (Wildman–Crippen MR) is 81.3 cm³/mol. The van der Waals surface area contributed by atoms with E-state index in [1.54, 1.807) is 11.3 Å². The molecule has 0 bridgehead atoms. The van der Waals surface area contributed by atoms with Crippen molar-refractivity contribution in [1.29, 1.82) is 0 Å². The minimum absolute atomic E-state index is 0.123. The summed E-state index contributed by atoms with van der Waals surface area (Å²) in [6, 6.07) is 4.15. The van der Waals surface area contributed by atoms with Crippen molar-refractivity contribution in [2.75, 3.05) is 13.7 Å². The van der Waals surface area contributed by atoms with E-state index in [1.807, 2.05) is 30.1 Å². The number of aromatic nitrogens is 2. The van der Waals surface area contributed by atoms with Crippen LogP contribution in [-0.2, 0) is 20.1 Å². The van der Waals surface area contributed by atoms with Gasteiger partial charge < -0.3 is 9.67 Å². The van der Waals surface area contributed by atoms with Gasteiger partial charge in [0.2, 0.25) is 0 Å². The van der Waals surface area contributed by atoms with Gasteiger partial charge in [0.05, 0.1) is 18.0 Å². The molecule has 0 aromatic carbocycles. The Morgan fingerprint density at radius 1 is 1.40 bits per heavy atom. The second-order valence-corrected chi connectivity index (χ2v) is 5.84. The highest BCUT2D eigenvalue weighted by molar-refractivity contribution is 7.12. The number of rotatable bonds is 5. The standard InChI is InChI=1S/C15H19N3OS/c1-17(12-15-16-8-9-18(15)2)11-14-7-6-13(20-14)5-3-4-10-19/h6-9,19H,4,10-12H2,1-2H3. The third-order valence-electron chi connectivity index (χ3n) is 2.87. The number of thiophene rings is 1. The first-order valence-corrected chi connectivity index (χ1v) is 7.34. The maximum atomic E-state index is 8.70. The van der Waals surface area contributed by atoms with Crippen LogP contribution in [0.3, 0.4) is 0 Å². The molecule has 106 valence electrons. The summed E-state index contributed by atoms with van der Waals surface area (Å²) < 4.78 is 2.04. The van der Waals surface area contributed by atoms with Crippen molar-refractivity contribution in [1.82, 2.24) is 14.5 Å². The molecule has 0 aliphatic carbocycles. The van der Waals surface area contributed by atoms with Crippen LogP contribution in [0.5, 0.6) is 0 Å². The highest BCUT2D eigenvalue weighted by atomic mass is 32.1. The second kappa shape index (κ2) is 7.25. The van der Waals surface area contributed by atoms with E-state index >= 15 is 0 Å². The largest absolute Gasteiger partial charge is 0.395 e. The van der Waals surface area contributed by atoms with Crippen LogP contribution in [0.4, 0.5) is 0 Å². The topological polar surface area (TPSA) is 41.3 Å². The van der Waals surface area contributed by atoms with Crippen molar-refractivity contribution in [3.8, 4) is 11.8 Å². The van der Waals surface area contributed by atoms with Gasteiger partial charge in [0.25, 0.3) is 0 Å². The summed E-state index contributed by atoms with van der Waals surface area (Å²) in [5.74, 6) is 7.07. The molecule has 0 amide bonds. The summed E-state index contributed by atoms with van der Waals surface area (Å²) in [7, 11) is 4.10. The van der Waals surface area contributed by atoms with E-state index in [1.165, 1.54) is 4.88 Å². The van der Waals surface area contributed by atoms with Gasteiger partial charge >= 0.3 is 0 Å². The lowest BCUT2D eigenvalue weighted by atomic mass is 10.3. The molecular weight excluding hydrogens is 270 g/mol. The van der Waals surface area contributed by atoms with Crippen molar-refractivity contribution in [2.45, 2.75) is 19.5 Å². The summed E-state index contributed by atoms with van der Waals surface area (Å²) in [5, 5.41) is 8.70. The fourth-order valence-corrected chi connectivity index (χ4v) is 2.81. The van der Waals surface area contributed by atoms with Crippen LogP contribution < -0.4 is 0 Å². The second-order valence-electron chi connectivity index (χ2n) is 4.67. The molecule has 2 rings (SSSR count). The Morgan fingerprint density at radius 3 is 2.95 bits per heavy atom. The average molecular weight is 289 g/mol. The van der Waals surface area contributed by atoms with Crippen LogP contribution in [0.2, 0.25) is 0 Å². The van der Waals surface area contributed by atoms with Crippen LogP contribution in [0.15, 0.2) is 24.5 Å². The van der Waals surface area contributed by atoms with E-state index in [-0.39, 0.29) is 6.61 Å². The number of imidazole rings is 1. The van der Waals surface area contributed by atoms with Gasteiger partial charge in [-0.25, -0.2) is 4.98 Å². The Hall–Kier alpha value is -1.61. The molecule has 4 nitrogen and oxygen atoms in total. The van der Waals surface area contributed by atoms with Gasteiger partial charge in [0.15, 0.2) is 0 Å². The van der Waals surface area contributed by atoms with Crippen molar-refractivity contribution >= 4 is 11.3 Å². The van der Waals surface area contributed by atoms with Gasteiger partial charge in [-0.3, -0.25) is 4.90 Å². The molecule has 20 heavy (non-hydrogen) atoms. The Kier molecular flexibility index (Phi) is 5.36. The van der Waals surface area contributed by atoms with Crippen LogP contribution in [0.1, 0.15) is 22.0 Å². The molecule has 0 spiro atoms. The van der Waals surface area contributed by atoms with E-state index in [2.05, 4.69) is 34.8 Å². The molecule has 5 heteroatoms. The minimum Gasteiger partial charge on any atom is -0.395 e. The first-order chi connectivity index (χ1) is 9.69. The average Bonchev–Trinajstić information content (AvgIpc) is 3.00. The number of aryl methyl sites for hydroxylation is 1. The van der Waals surface area contributed by atoms with Crippen molar-refractivity contribution in [3.63, 3.8) is 0 Å². The first-order valence-electron chi connectivity index (χ1n) is 6.52. The molecule has 0 unspecified atom stereocenters. The zero-order valence-electron chi connectivity index (χ0n) is 11.8. The maximum Gasteiger partial charge on any atom is 0.122 e. The zero-order chi connectivity index (χ0) is 14.4. The molecule has 0 radical (unpaired) electrons. The van der Waals surface area contributed by atoms with Gasteiger partial charge in [-0.05, 0) is 19.2 Å². The quantitative estimate of drug-likeness (QED) is 0.854. The first kappa shape index (κ1) is 14.8. The van der Waals surface area contributed by atoms with Gasteiger partial charge in [-0.1, -0.05) is 11.8 Å². The highest BCUT2D eigenvalue weighted by Gasteiger charge is 2.06. The number of hydrogen-bond donors (Lipinski definition) is 1. The van der Waals surface area contributed by atoms with E-state index in [9.17, 15) is 0 Å². The van der Waals surface area contributed by atoms with Crippen LogP contribution in [0, 0.1) is 11.8 Å². The van der Waals surface area contributed by atoms with Crippen molar-refractivity contribution in [3.05, 3.63) is 40.1 Å². The SMILES string of the molecule is CN(Cc1ccc(C#CCCO)s1)Cc1nccn1C. The molecule has 0 saturated carbocycles. The lowest BCUT2D eigenvalue weighted by molar-refractivity contribution is 0.305. The summed E-state index contributed by atoms with van der Waals surface area (Å²) in [6.07, 6.45) is 4.32. The molecule has 0 atom stereocenters. The lowest BCUT2D eigenvalue weighted by Gasteiger charge is -2.14. The Morgan fingerprint density at radius 2 is 2.25 bits per heavy atom. The number of nitrogens with zero attached hydrogens (tertiary/aromatic N) is 3. The monoisotopic (exact) mass is 289 g/mol. The molecule has 0 aliphatic heterocycles. The highest BCUT2D eigenvalue weighted by Crippen LogP contribution is 2.17. The van der Waals surface area contributed by atoms with Gasteiger partial charge in [0.1, 0.15) is 5.82 Å². The third kappa shape index (κ3) is 4.20. The van der Waals surface area contributed by atoms with Crippen LogP contribution in [-0.4, -0.2) is 33.2 Å². The number of hydrogen-bond acceptors (Lipinski definition) is 4. The molecule has 2 aromatic heterocycles. The normalized spacial score (nSPS) is 10.6. The van der Waals surface area contributed by atoms with E-state index < -0.39 is 0 Å². The zero-order valence-corrected chi connectivity index (χ0v) is 12.7. The molecule has 1 N–H and O–H groups in total. The Balaban J connectivity index is 1.90. The van der Waals surface area contributed by atoms with Crippen molar-refractivity contribution < 1.29 is 5.11 Å². The van der Waals surface area contributed by atoms with E-state index in [4.69, 9.17) is 5.11 Å². The minimum atomic E-state index is 0.123. The van der Waals surface area contributed by atoms with E-state index in [0.717, 1.165) is 23.8 Å². The predicted octanol–water partition coefficient (Wildman–Crippen LogP) is 1.85. The summed E-state index contributed by atoms with van der Waals surface area (Å²) in [5.41, 5.74) is 0. The fourth-order valence-electron chi connectivity index (χ4n) is 1.85. The molecule has 2 heterocycles. The summed E-state index contributed by atoms with van der Waals surface area (Å²) in [4.78, 5) is 8.91. The third-order valence-corrected chi connectivity index (χ3v) is 3.85. The van der Waals surface area contributed by atoms with Crippen LogP contribution in [0.25, 0.3) is 0 Å². The molecule has 0 saturated heterocycles.